The van der Waals surface area contributed by atoms with Crippen LogP contribution < -0.4 is 15.0 Å². The summed E-state index contributed by atoms with van der Waals surface area (Å²) in [5.41, 5.74) is 0. The van der Waals surface area contributed by atoms with E-state index >= 15 is 0 Å². The van der Waals surface area contributed by atoms with Gasteiger partial charge in [0.05, 0.1) is 6.61 Å². The number of carbonyl (C=O) groups is 2. The van der Waals surface area contributed by atoms with Crippen LogP contribution in [0.25, 0.3) is 0 Å². The largest absolute Gasteiger partial charge is 0.465 e. The molecule has 30 heavy (non-hydrogen) atoms. The van der Waals surface area contributed by atoms with E-state index in [0.29, 0.717) is 37.1 Å². The lowest BCUT2D eigenvalue weighted by Gasteiger charge is -2.40. The van der Waals surface area contributed by atoms with Gasteiger partial charge in [-0.15, -0.1) is 0 Å². The molecular formula is C20H24FN5O4. The van der Waals surface area contributed by atoms with E-state index < -0.39 is 11.8 Å². The molecule has 0 aliphatic carbocycles. The van der Waals surface area contributed by atoms with Gasteiger partial charge in [-0.05, 0) is 26.0 Å². The molecule has 1 aliphatic rings. The molecule has 10 heteroatoms. The first-order valence-corrected chi connectivity index (χ1v) is 9.66. The second-order valence-corrected chi connectivity index (χ2v) is 6.73. The summed E-state index contributed by atoms with van der Waals surface area (Å²) in [7, 11) is 0. The number of esters is 1. The van der Waals surface area contributed by atoms with Crippen LogP contribution in [-0.2, 0) is 9.53 Å². The van der Waals surface area contributed by atoms with Gasteiger partial charge in [0, 0.05) is 37.8 Å². The van der Waals surface area contributed by atoms with E-state index in [1.165, 1.54) is 18.5 Å². The summed E-state index contributed by atoms with van der Waals surface area (Å²) in [6, 6.07) is 7.06. The second-order valence-electron chi connectivity index (χ2n) is 6.73. The van der Waals surface area contributed by atoms with Crippen LogP contribution in [0.3, 0.4) is 0 Å². The number of anilines is 1. The normalized spacial score (nSPS) is 16.2. The molecule has 1 N–H and O–H groups in total. The number of hydrogen-bond donors (Lipinski definition) is 1. The molecule has 1 aromatic carbocycles. The summed E-state index contributed by atoms with van der Waals surface area (Å²) in [5, 5.41) is 2.58. The van der Waals surface area contributed by atoms with Gasteiger partial charge in [-0.25, -0.2) is 19.2 Å². The van der Waals surface area contributed by atoms with Crippen LogP contribution in [0.1, 0.15) is 13.8 Å². The SMILES string of the molecule is CCOC(=O)CNC(=O)N1CCN(c2cc(Oc3cccc(F)c3)ncn2)C[C@H]1C. The van der Waals surface area contributed by atoms with Gasteiger partial charge < -0.3 is 24.6 Å². The van der Waals surface area contributed by atoms with Gasteiger partial charge in [0.25, 0.3) is 0 Å². The number of nitrogens with zero attached hydrogens (tertiary/aromatic N) is 4. The average Bonchev–Trinajstić information content (AvgIpc) is 2.72. The van der Waals surface area contributed by atoms with E-state index in [2.05, 4.69) is 15.3 Å². The first kappa shape index (κ1) is 21.3. The number of ether oxygens (including phenoxy) is 2. The Bertz CT molecular complexity index is 897. The quantitative estimate of drug-likeness (QED) is 0.720. The molecule has 9 nitrogen and oxygen atoms in total. The summed E-state index contributed by atoms with van der Waals surface area (Å²) < 4.78 is 23.8. The maximum absolute atomic E-state index is 13.3. The maximum atomic E-state index is 13.3. The van der Waals surface area contributed by atoms with Gasteiger partial charge >= 0.3 is 12.0 Å². The third kappa shape index (κ3) is 5.56. The summed E-state index contributed by atoms with van der Waals surface area (Å²) in [6.45, 7) is 5.29. The molecule has 1 aromatic heterocycles. The van der Waals surface area contributed by atoms with Crippen LogP contribution in [0.5, 0.6) is 11.6 Å². The molecule has 0 spiro atoms. The minimum atomic E-state index is -0.469. The number of rotatable bonds is 6. The van der Waals surface area contributed by atoms with E-state index in [-0.39, 0.29) is 25.2 Å². The lowest BCUT2D eigenvalue weighted by Crippen LogP contribution is -2.57. The average molecular weight is 417 g/mol. The van der Waals surface area contributed by atoms with Gasteiger partial charge in [0.1, 0.15) is 30.3 Å². The summed E-state index contributed by atoms with van der Waals surface area (Å²) in [5.74, 6) is 0.427. The Morgan fingerprint density at radius 1 is 1.27 bits per heavy atom. The molecule has 160 valence electrons. The predicted molar refractivity (Wildman–Crippen MR) is 107 cm³/mol. The number of amides is 2. The molecule has 0 bridgehead atoms. The monoisotopic (exact) mass is 417 g/mol. The Hall–Kier alpha value is -3.43. The van der Waals surface area contributed by atoms with Crippen LogP contribution in [0.4, 0.5) is 15.0 Å². The number of aromatic nitrogens is 2. The van der Waals surface area contributed by atoms with Gasteiger partial charge in [-0.1, -0.05) is 6.07 Å². The van der Waals surface area contributed by atoms with E-state index in [1.54, 1.807) is 30.0 Å². The fraction of sp³-hybridized carbons (Fsp3) is 0.400. The lowest BCUT2D eigenvalue weighted by molar-refractivity contribution is -0.141. The van der Waals surface area contributed by atoms with Crippen LogP contribution in [0.2, 0.25) is 0 Å². The molecule has 2 heterocycles. The Morgan fingerprint density at radius 2 is 2.10 bits per heavy atom. The Labute approximate surface area is 173 Å². The molecular weight excluding hydrogens is 393 g/mol. The van der Waals surface area contributed by atoms with Crippen LogP contribution in [0.15, 0.2) is 36.7 Å². The molecule has 2 aromatic rings. The zero-order chi connectivity index (χ0) is 21.5. The molecule has 1 atom stereocenters. The van der Waals surface area contributed by atoms with Crippen molar-refractivity contribution in [1.29, 1.82) is 0 Å². The second kappa shape index (κ2) is 9.86. The van der Waals surface area contributed by atoms with Crippen LogP contribution in [-0.4, -0.2) is 65.7 Å². The number of carbonyl (C=O) groups excluding carboxylic acids is 2. The Kier molecular flexibility index (Phi) is 6.99. The number of nitrogens with one attached hydrogen (secondary N) is 1. The number of urea groups is 1. The molecule has 1 aliphatic heterocycles. The first-order chi connectivity index (χ1) is 14.5. The van der Waals surface area contributed by atoms with Gasteiger partial charge in [-0.3, -0.25) is 4.79 Å². The third-order valence-electron chi connectivity index (χ3n) is 4.55. The zero-order valence-electron chi connectivity index (χ0n) is 16.9. The number of benzene rings is 1. The van der Waals surface area contributed by atoms with Gasteiger partial charge in [0.15, 0.2) is 0 Å². The standard InChI is InChI=1S/C20H24FN5O4/c1-3-29-19(27)11-22-20(28)26-8-7-25(12-14(26)2)17-10-18(24-13-23-17)30-16-6-4-5-15(21)9-16/h4-6,9-10,13-14H,3,7-8,11-12H2,1-2H3,(H,22,28)/t14-/m1/s1. The molecule has 3 rings (SSSR count). The van der Waals surface area contributed by atoms with Crippen molar-refractivity contribution in [3.63, 3.8) is 0 Å². The van der Waals surface area contributed by atoms with E-state index in [9.17, 15) is 14.0 Å². The number of halogens is 1. The van der Waals surface area contributed by atoms with Crippen molar-refractivity contribution >= 4 is 17.8 Å². The van der Waals surface area contributed by atoms with Crippen molar-refractivity contribution in [3.8, 4) is 11.6 Å². The summed E-state index contributed by atoms with van der Waals surface area (Å²) >= 11 is 0. The molecule has 0 unspecified atom stereocenters. The van der Waals surface area contributed by atoms with Gasteiger partial charge in [0.2, 0.25) is 5.88 Å². The van der Waals surface area contributed by atoms with Crippen LogP contribution >= 0.6 is 0 Å². The fourth-order valence-corrected chi connectivity index (χ4v) is 3.14. The minimum absolute atomic E-state index is 0.108. The third-order valence-corrected chi connectivity index (χ3v) is 4.55. The van der Waals surface area contributed by atoms with Crippen molar-refractivity contribution in [2.24, 2.45) is 0 Å². The summed E-state index contributed by atoms with van der Waals surface area (Å²) in [4.78, 5) is 35.8. The highest BCUT2D eigenvalue weighted by molar-refractivity contribution is 5.81. The Balaban J connectivity index is 1.58. The molecule has 1 fully saturated rings. The maximum Gasteiger partial charge on any atom is 0.325 e. The van der Waals surface area contributed by atoms with E-state index in [4.69, 9.17) is 9.47 Å². The Morgan fingerprint density at radius 3 is 2.83 bits per heavy atom. The highest BCUT2D eigenvalue weighted by Crippen LogP contribution is 2.24. The summed E-state index contributed by atoms with van der Waals surface area (Å²) in [6.07, 6.45) is 1.38. The van der Waals surface area contributed by atoms with Gasteiger partial charge in [-0.2, -0.15) is 0 Å². The van der Waals surface area contributed by atoms with Crippen molar-refractivity contribution in [2.45, 2.75) is 19.9 Å². The molecule has 2 amide bonds. The van der Waals surface area contributed by atoms with Crippen molar-refractivity contribution in [2.75, 3.05) is 37.7 Å². The van der Waals surface area contributed by atoms with E-state index in [1.807, 2.05) is 11.8 Å². The minimum Gasteiger partial charge on any atom is -0.465 e. The van der Waals surface area contributed by atoms with Crippen molar-refractivity contribution < 1.29 is 23.5 Å². The fourth-order valence-electron chi connectivity index (χ4n) is 3.14. The zero-order valence-corrected chi connectivity index (χ0v) is 16.9. The van der Waals surface area contributed by atoms with Crippen molar-refractivity contribution in [1.82, 2.24) is 20.2 Å². The first-order valence-electron chi connectivity index (χ1n) is 9.66. The number of hydrogen-bond acceptors (Lipinski definition) is 7. The molecule has 0 radical (unpaired) electrons. The topological polar surface area (TPSA) is 96.9 Å². The molecule has 1 saturated heterocycles. The smallest absolute Gasteiger partial charge is 0.325 e. The highest BCUT2D eigenvalue weighted by Gasteiger charge is 2.28. The van der Waals surface area contributed by atoms with Crippen LogP contribution in [0, 0.1) is 5.82 Å². The van der Waals surface area contributed by atoms with E-state index in [0.717, 1.165) is 0 Å². The molecule has 0 saturated carbocycles. The highest BCUT2D eigenvalue weighted by atomic mass is 19.1. The lowest BCUT2D eigenvalue weighted by atomic mass is 10.2. The number of piperazine rings is 1. The van der Waals surface area contributed by atoms with Crippen molar-refractivity contribution in [3.05, 3.63) is 42.5 Å². The predicted octanol–water partition coefficient (Wildman–Crippen LogP) is 2.19.